The number of hydrogen-bond acceptors (Lipinski definition) is 3. The molecule has 1 rings (SSSR count). The maximum absolute atomic E-state index is 11.6. The van der Waals surface area contributed by atoms with Crippen molar-refractivity contribution < 1.29 is 9.53 Å². The van der Waals surface area contributed by atoms with Crippen LogP contribution in [0.5, 0.6) is 0 Å². The van der Waals surface area contributed by atoms with E-state index in [1.807, 2.05) is 25.1 Å². The summed E-state index contributed by atoms with van der Waals surface area (Å²) in [4.78, 5) is 11.6. The van der Waals surface area contributed by atoms with E-state index in [-0.39, 0.29) is 5.91 Å². The van der Waals surface area contributed by atoms with Crippen molar-refractivity contribution in [3.63, 3.8) is 0 Å². The van der Waals surface area contributed by atoms with Crippen LogP contribution in [0.1, 0.15) is 18.9 Å². The molecule has 0 heterocycles. The summed E-state index contributed by atoms with van der Waals surface area (Å²) in [6.45, 7) is 3.02. The van der Waals surface area contributed by atoms with Crippen LogP contribution in [0.4, 0.5) is 0 Å². The van der Waals surface area contributed by atoms with Gasteiger partial charge in [-0.05, 0) is 25.3 Å². The Morgan fingerprint density at radius 1 is 1.39 bits per heavy atom. The van der Waals surface area contributed by atoms with Crippen LogP contribution < -0.4 is 11.1 Å². The Bertz CT molecular complexity index is 367. The van der Waals surface area contributed by atoms with Gasteiger partial charge in [-0.2, -0.15) is 0 Å². The van der Waals surface area contributed by atoms with E-state index in [0.717, 1.165) is 6.42 Å². The van der Waals surface area contributed by atoms with Gasteiger partial charge in [0.25, 0.3) is 0 Å². The predicted octanol–water partition coefficient (Wildman–Crippen LogP) is 1.10. The molecule has 100 valence electrons. The van der Waals surface area contributed by atoms with Gasteiger partial charge in [0.2, 0.25) is 5.91 Å². The van der Waals surface area contributed by atoms with Crippen molar-refractivity contribution >= 4 is 5.91 Å². The summed E-state index contributed by atoms with van der Waals surface area (Å²) in [7, 11) is 1.63. The normalized spacial score (nSPS) is 14.1. The van der Waals surface area contributed by atoms with Gasteiger partial charge >= 0.3 is 0 Å². The van der Waals surface area contributed by atoms with E-state index in [0.29, 0.717) is 19.6 Å². The molecule has 0 fully saturated rings. The molecule has 1 atom stereocenters. The number of primary amides is 1. The van der Waals surface area contributed by atoms with E-state index in [9.17, 15) is 4.79 Å². The summed E-state index contributed by atoms with van der Waals surface area (Å²) in [5.74, 6) is -0.325. The summed E-state index contributed by atoms with van der Waals surface area (Å²) >= 11 is 0. The van der Waals surface area contributed by atoms with E-state index in [4.69, 9.17) is 10.5 Å². The van der Waals surface area contributed by atoms with E-state index in [1.54, 1.807) is 7.11 Å². The molecule has 0 radical (unpaired) electrons. The fourth-order valence-electron chi connectivity index (χ4n) is 1.77. The minimum Gasteiger partial charge on any atom is -0.383 e. The van der Waals surface area contributed by atoms with Crippen LogP contribution in [0.15, 0.2) is 30.3 Å². The maximum atomic E-state index is 11.6. The van der Waals surface area contributed by atoms with Crippen LogP contribution in [0.2, 0.25) is 0 Å². The highest BCUT2D eigenvalue weighted by atomic mass is 16.5. The van der Waals surface area contributed by atoms with Crippen molar-refractivity contribution in [1.29, 1.82) is 0 Å². The second kappa shape index (κ2) is 7.13. The quantitative estimate of drug-likeness (QED) is 0.679. The third-order valence-electron chi connectivity index (χ3n) is 3.12. The van der Waals surface area contributed by atoms with Gasteiger partial charge in [-0.25, -0.2) is 0 Å². The second-order valence-corrected chi connectivity index (χ2v) is 4.60. The molecule has 4 nitrogen and oxygen atoms in total. The first-order chi connectivity index (χ1) is 8.58. The molecular weight excluding hydrogens is 228 g/mol. The van der Waals surface area contributed by atoms with E-state index in [1.165, 1.54) is 5.56 Å². The Labute approximate surface area is 109 Å². The highest BCUT2D eigenvalue weighted by Gasteiger charge is 2.29. The van der Waals surface area contributed by atoms with E-state index in [2.05, 4.69) is 17.4 Å². The fraction of sp³-hybridized carbons (Fsp3) is 0.500. The topological polar surface area (TPSA) is 64.3 Å². The van der Waals surface area contributed by atoms with Crippen LogP contribution in [0.3, 0.4) is 0 Å². The molecule has 0 aliphatic rings. The molecule has 3 N–H and O–H groups in total. The standard InChI is InChI=1S/C14H22N2O2/c1-14(13(15)17,16-10-11-18-2)9-8-12-6-4-3-5-7-12/h3-7,16H,8-11H2,1-2H3,(H2,15,17). The average molecular weight is 250 g/mol. The van der Waals surface area contributed by atoms with Gasteiger partial charge in [0, 0.05) is 13.7 Å². The summed E-state index contributed by atoms with van der Waals surface area (Å²) in [6, 6.07) is 10.1. The van der Waals surface area contributed by atoms with Crippen molar-refractivity contribution in [2.45, 2.75) is 25.3 Å². The lowest BCUT2D eigenvalue weighted by atomic mass is 9.92. The number of carbonyl (C=O) groups excluding carboxylic acids is 1. The highest BCUT2D eigenvalue weighted by Crippen LogP contribution is 2.13. The van der Waals surface area contributed by atoms with E-state index < -0.39 is 5.54 Å². The number of nitrogens with one attached hydrogen (secondary N) is 1. The van der Waals surface area contributed by atoms with Crippen molar-refractivity contribution in [3.8, 4) is 0 Å². The van der Waals surface area contributed by atoms with Gasteiger partial charge in [0.15, 0.2) is 0 Å². The molecule has 1 amide bonds. The van der Waals surface area contributed by atoms with Crippen LogP contribution in [-0.2, 0) is 16.0 Å². The van der Waals surface area contributed by atoms with Crippen molar-refractivity contribution in [2.75, 3.05) is 20.3 Å². The summed E-state index contributed by atoms with van der Waals surface area (Å²) < 4.78 is 4.97. The molecule has 1 aromatic carbocycles. The summed E-state index contributed by atoms with van der Waals surface area (Å²) in [5, 5.41) is 3.17. The molecular formula is C14H22N2O2. The number of amides is 1. The molecule has 1 aromatic rings. The molecule has 18 heavy (non-hydrogen) atoms. The number of hydrogen-bond donors (Lipinski definition) is 2. The Kier molecular flexibility index (Phi) is 5.82. The van der Waals surface area contributed by atoms with Crippen molar-refractivity contribution in [3.05, 3.63) is 35.9 Å². The lowest BCUT2D eigenvalue weighted by molar-refractivity contribution is -0.124. The van der Waals surface area contributed by atoms with Crippen molar-refractivity contribution in [2.24, 2.45) is 5.73 Å². The maximum Gasteiger partial charge on any atom is 0.237 e. The smallest absolute Gasteiger partial charge is 0.237 e. The monoisotopic (exact) mass is 250 g/mol. The Hall–Kier alpha value is -1.39. The van der Waals surface area contributed by atoms with Gasteiger partial charge in [0.1, 0.15) is 0 Å². The van der Waals surface area contributed by atoms with E-state index >= 15 is 0 Å². The first kappa shape index (κ1) is 14.7. The third-order valence-corrected chi connectivity index (χ3v) is 3.12. The van der Waals surface area contributed by atoms with Crippen LogP contribution in [0, 0.1) is 0 Å². The zero-order valence-electron chi connectivity index (χ0n) is 11.1. The molecule has 0 aliphatic carbocycles. The van der Waals surface area contributed by atoms with Crippen LogP contribution >= 0.6 is 0 Å². The molecule has 4 heteroatoms. The molecule has 0 saturated carbocycles. The van der Waals surface area contributed by atoms with Gasteiger partial charge in [-0.3, -0.25) is 4.79 Å². The molecule has 0 bridgehead atoms. The number of benzene rings is 1. The van der Waals surface area contributed by atoms with Gasteiger partial charge in [0.05, 0.1) is 12.1 Å². The first-order valence-corrected chi connectivity index (χ1v) is 6.16. The van der Waals surface area contributed by atoms with Gasteiger partial charge < -0.3 is 15.8 Å². The summed E-state index contributed by atoms with van der Waals surface area (Å²) in [5.41, 5.74) is 6.00. The number of aryl methyl sites for hydroxylation is 1. The number of methoxy groups -OCH3 is 1. The molecule has 0 saturated heterocycles. The fourth-order valence-corrected chi connectivity index (χ4v) is 1.77. The largest absolute Gasteiger partial charge is 0.383 e. The Balaban J connectivity index is 2.54. The van der Waals surface area contributed by atoms with Gasteiger partial charge in [-0.1, -0.05) is 30.3 Å². The zero-order chi connectivity index (χ0) is 13.4. The number of nitrogens with two attached hydrogens (primary N) is 1. The lowest BCUT2D eigenvalue weighted by Gasteiger charge is -2.27. The Morgan fingerprint density at radius 2 is 2.06 bits per heavy atom. The number of carbonyl (C=O) groups is 1. The van der Waals surface area contributed by atoms with Crippen LogP contribution in [-0.4, -0.2) is 31.7 Å². The lowest BCUT2D eigenvalue weighted by Crippen LogP contribution is -2.54. The minimum absolute atomic E-state index is 0.325. The second-order valence-electron chi connectivity index (χ2n) is 4.60. The SMILES string of the molecule is COCCNC(C)(CCc1ccccc1)C(N)=O. The van der Waals surface area contributed by atoms with Crippen molar-refractivity contribution in [1.82, 2.24) is 5.32 Å². The molecule has 0 aliphatic heterocycles. The Morgan fingerprint density at radius 3 is 2.61 bits per heavy atom. The molecule has 1 unspecified atom stereocenters. The first-order valence-electron chi connectivity index (χ1n) is 6.16. The molecule has 0 spiro atoms. The minimum atomic E-state index is -0.686. The molecule has 0 aromatic heterocycles. The predicted molar refractivity (Wildman–Crippen MR) is 72.2 cm³/mol. The summed E-state index contributed by atoms with van der Waals surface area (Å²) in [6.07, 6.45) is 1.50. The number of ether oxygens (including phenoxy) is 1. The average Bonchev–Trinajstić information content (AvgIpc) is 2.38. The zero-order valence-corrected chi connectivity index (χ0v) is 11.1. The highest BCUT2D eigenvalue weighted by molar-refractivity contribution is 5.84. The third kappa shape index (κ3) is 4.47. The van der Waals surface area contributed by atoms with Gasteiger partial charge in [-0.15, -0.1) is 0 Å². The number of rotatable bonds is 8. The van der Waals surface area contributed by atoms with Crippen LogP contribution in [0.25, 0.3) is 0 Å².